The van der Waals surface area contributed by atoms with Gasteiger partial charge in [-0.1, -0.05) is 17.7 Å². The average molecular weight is 423 g/mol. The summed E-state index contributed by atoms with van der Waals surface area (Å²) in [6, 6.07) is 10.2. The Hall–Kier alpha value is -1.30. The van der Waals surface area contributed by atoms with Crippen LogP contribution in [0.25, 0.3) is 16.3 Å². The van der Waals surface area contributed by atoms with Gasteiger partial charge in [-0.15, -0.1) is 11.3 Å². The van der Waals surface area contributed by atoms with Gasteiger partial charge < -0.3 is 5.32 Å². The molecule has 124 valence electrons. The fourth-order valence-corrected chi connectivity index (χ4v) is 4.69. The number of aryl methyl sites for hydroxylation is 1. The van der Waals surface area contributed by atoms with E-state index in [1.165, 1.54) is 23.3 Å². The molecular weight excluding hydrogens is 406 g/mol. The monoisotopic (exact) mass is 421 g/mol. The molecule has 1 aliphatic heterocycles. The molecule has 24 heavy (non-hydrogen) atoms. The number of fused-ring (bicyclic) bond motifs is 1. The van der Waals surface area contributed by atoms with Crippen LogP contribution in [0.2, 0.25) is 5.02 Å². The van der Waals surface area contributed by atoms with Crippen molar-refractivity contribution in [2.45, 2.75) is 26.2 Å². The summed E-state index contributed by atoms with van der Waals surface area (Å²) in [6.45, 7) is 3.07. The first-order valence-electron chi connectivity index (χ1n) is 8.01. The van der Waals surface area contributed by atoms with Crippen LogP contribution >= 0.6 is 38.9 Å². The van der Waals surface area contributed by atoms with Gasteiger partial charge in [0.1, 0.15) is 11.5 Å². The first-order chi connectivity index (χ1) is 11.6. The molecule has 3 heterocycles. The average Bonchev–Trinajstić information content (AvgIpc) is 3.05. The number of nitrogens with zero attached hydrogens (tertiary/aromatic N) is 2. The molecule has 1 aromatic carbocycles. The molecule has 6 heteroatoms. The predicted molar refractivity (Wildman–Crippen MR) is 106 cm³/mol. The first-order valence-corrected chi connectivity index (χ1v) is 10.0. The number of benzene rings is 1. The van der Waals surface area contributed by atoms with Gasteiger partial charge >= 0.3 is 0 Å². The second-order valence-electron chi connectivity index (χ2n) is 6.01. The molecule has 3 nitrogen and oxygen atoms in total. The van der Waals surface area contributed by atoms with E-state index in [-0.39, 0.29) is 0 Å². The van der Waals surface area contributed by atoms with Crippen molar-refractivity contribution in [3.63, 3.8) is 0 Å². The molecule has 0 amide bonds. The van der Waals surface area contributed by atoms with Crippen molar-refractivity contribution < 1.29 is 0 Å². The Bertz CT molecular complexity index is 900. The van der Waals surface area contributed by atoms with E-state index in [0.717, 1.165) is 44.5 Å². The molecule has 0 atom stereocenters. The Kier molecular flexibility index (Phi) is 4.41. The molecule has 4 rings (SSSR count). The number of hydrogen-bond acceptors (Lipinski definition) is 3. The van der Waals surface area contributed by atoms with Gasteiger partial charge in [-0.2, -0.15) is 5.10 Å². The summed E-state index contributed by atoms with van der Waals surface area (Å²) in [5.41, 5.74) is 4.58. The topological polar surface area (TPSA) is 29.9 Å². The van der Waals surface area contributed by atoms with Crippen LogP contribution in [0.4, 0.5) is 5.82 Å². The van der Waals surface area contributed by atoms with E-state index in [1.54, 1.807) is 11.3 Å². The minimum Gasteiger partial charge on any atom is -0.370 e. The summed E-state index contributed by atoms with van der Waals surface area (Å²) < 4.78 is 3.16. The van der Waals surface area contributed by atoms with E-state index in [2.05, 4.69) is 40.3 Å². The van der Waals surface area contributed by atoms with Gasteiger partial charge in [0.2, 0.25) is 0 Å². The van der Waals surface area contributed by atoms with Crippen LogP contribution in [-0.4, -0.2) is 16.3 Å². The quantitative estimate of drug-likeness (QED) is 0.543. The Morgan fingerprint density at radius 1 is 1.25 bits per heavy atom. The summed E-state index contributed by atoms with van der Waals surface area (Å²) in [6.07, 6.45) is 3.41. The molecule has 0 unspecified atom stereocenters. The van der Waals surface area contributed by atoms with E-state index in [0.29, 0.717) is 0 Å². The van der Waals surface area contributed by atoms with Crippen molar-refractivity contribution in [3.05, 3.63) is 50.3 Å². The molecule has 0 aliphatic carbocycles. The van der Waals surface area contributed by atoms with Crippen LogP contribution in [0, 0.1) is 6.92 Å². The molecule has 2 aromatic heterocycles. The Labute approximate surface area is 158 Å². The first kappa shape index (κ1) is 16.2. The van der Waals surface area contributed by atoms with Crippen LogP contribution in [0.1, 0.15) is 24.0 Å². The highest BCUT2D eigenvalue weighted by Crippen LogP contribution is 2.38. The van der Waals surface area contributed by atoms with Crippen molar-refractivity contribution in [1.82, 2.24) is 9.78 Å². The van der Waals surface area contributed by atoms with Crippen molar-refractivity contribution in [1.29, 1.82) is 0 Å². The minimum atomic E-state index is 0.730. The number of thiophene rings is 1. The van der Waals surface area contributed by atoms with Crippen LogP contribution in [0.3, 0.4) is 0 Å². The van der Waals surface area contributed by atoms with Gasteiger partial charge in [0.25, 0.3) is 0 Å². The molecule has 3 aromatic rings. The van der Waals surface area contributed by atoms with Crippen molar-refractivity contribution >= 4 is 44.7 Å². The molecule has 0 fully saturated rings. The second kappa shape index (κ2) is 6.54. The number of aromatic nitrogens is 2. The zero-order valence-electron chi connectivity index (χ0n) is 13.3. The van der Waals surface area contributed by atoms with Gasteiger partial charge in [-0.3, -0.25) is 0 Å². The number of halogens is 2. The third kappa shape index (κ3) is 2.89. The van der Waals surface area contributed by atoms with Gasteiger partial charge in [0.15, 0.2) is 0 Å². The molecule has 1 N–H and O–H groups in total. The molecule has 1 aliphatic rings. The highest BCUT2D eigenvalue weighted by Gasteiger charge is 2.23. The SMILES string of the molecule is Cc1ccc(Cl)cc1-n1nc(-c2ccc(Br)s2)c2c1NCCCC2. The van der Waals surface area contributed by atoms with Gasteiger partial charge in [0, 0.05) is 17.1 Å². The standard InChI is InChI=1S/C18H17BrClN3S/c1-11-5-6-12(20)10-14(11)23-18-13(4-2-3-9-21-18)17(22-23)15-7-8-16(19)24-15/h5-8,10,21H,2-4,9H2,1H3. The zero-order valence-corrected chi connectivity index (χ0v) is 16.4. The summed E-state index contributed by atoms with van der Waals surface area (Å²) in [5.74, 6) is 1.11. The minimum absolute atomic E-state index is 0.730. The van der Waals surface area contributed by atoms with Crippen molar-refractivity contribution in [3.8, 4) is 16.3 Å². The highest BCUT2D eigenvalue weighted by molar-refractivity contribution is 9.11. The molecular formula is C18H17BrClN3S. The van der Waals surface area contributed by atoms with Crippen molar-refractivity contribution in [2.24, 2.45) is 0 Å². The van der Waals surface area contributed by atoms with E-state index in [9.17, 15) is 0 Å². The lowest BCUT2D eigenvalue weighted by molar-refractivity contribution is 0.780. The van der Waals surface area contributed by atoms with Gasteiger partial charge in [-0.25, -0.2) is 4.68 Å². The maximum Gasteiger partial charge on any atom is 0.133 e. The van der Waals surface area contributed by atoms with Crippen LogP contribution in [0.5, 0.6) is 0 Å². The lowest BCUT2D eigenvalue weighted by atomic mass is 10.1. The van der Waals surface area contributed by atoms with Crippen LogP contribution < -0.4 is 5.32 Å². The van der Waals surface area contributed by atoms with Crippen LogP contribution in [0.15, 0.2) is 34.1 Å². The maximum absolute atomic E-state index is 6.24. The Balaban J connectivity index is 1.94. The smallest absolute Gasteiger partial charge is 0.133 e. The molecule has 0 bridgehead atoms. The number of nitrogens with one attached hydrogen (secondary N) is 1. The second-order valence-corrected chi connectivity index (χ2v) is 8.91. The Morgan fingerprint density at radius 3 is 2.92 bits per heavy atom. The lowest BCUT2D eigenvalue weighted by Crippen LogP contribution is -2.08. The normalized spacial score (nSPS) is 14.1. The summed E-state index contributed by atoms with van der Waals surface area (Å²) >= 11 is 11.5. The number of anilines is 1. The van der Waals surface area contributed by atoms with E-state index in [4.69, 9.17) is 16.7 Å². The molecule has 0 saturated heterocycles. The largest absolute Gasteiger partial charge is 0.370 e. The Morgan fingerprint density at radius 2 is 2.12 bits per heavy atom. The molecule has 0 radical (unpaired) electrons. The predicted octanol–water partition coefficient (Wildman–Crippen LogP) is 6.07. The third-order valence-corrected chi connectivity index (χ3v) is 6.20. The molecule has 0 saturated carbocycles. The summed E-state index contributed by atoms with van der Waals surface area (Å²) in [7, 11) is 0. The van der Waals surface area contributed by atoms with E-state index >= 15 is 0 Å². The summed E-state index contributed by atoms with van der Waals surface area (Å²) in [4.78, 5) is 1.19. The zero-order chi connectivity index (χ0) is 16.7. The number of rotatable bonds is 2. The van der Waals surface area contributed by atoms with E-state index < -0.39 is 0 Å². The summed E-state index contributed by atoms with van der Waals surface area (Å²) in [5, 5.41) is 9.29. The van der Waals surface area contributed by atoms with E-state index in [1.807, 2.05) is 22.9 Å². The third-order valence-electron chi connectivity index (χ3n) is 4.34. The molecule has 0 spiro atoms. The van der Waals surface area contributed by atoms with Gasteiger partial charge in [-0.05, 0) is 71.9 Å². The lowest BCUT2D eigenvalue weighted by Gasteiger charge is -2.12. The van der Waals surface area contributed by atoms with Crippen LogP contribution in [-0.2, 0) is 6.42 Å². The van der Waals surface area contributed by atoms with Gasteiger partial charge in [0.05, 0.1) is 14.4 Å². The highest BCUT2D eigenvalue weighted by atomic mass is 79.9. The fourth-order valence-electron chi connectivity index (χ4n) is 3.13. The number of hydrogen-bond donors (Lipinski definition) is 1. The fraction of sp³-hybridized carbons (Fsp3) is 0.278. The van der Waals surface area contributed by atoms with Crippen molar-refractivity contribution in [2.75, 3.05) is 11.9 Å². The maximum atomic E-state index is 6.24.